The van der Waals surface area contributed by atoms with E-state index in [4.69, 9.17) is 0 Å². The Balaban J connectivity index is 2.34. The molecule has 17 heavy (non-hydrogen) atoms. The van der Waals surface area contributed by atoms with Crippen molar-refractivity contribution in [3.05, 3.63) is 50.9 Å². The lowest BCUT2D eigenvalue weighted by Gasteiger charge is -2.06. The Morgan fingerprint density at radius 1 is 1.18 bits per heavy atom. The molecule has 0 bridgehead atoms. The standard InChI is InChI=1S/C12H7BrIN3/c13-11-3-1-2-10-9(11)4-5-15-12(10)17-7-8(14)6-16-17/h1-7H. The molecule has 0 amide bonds. The van der Waals surface area contributed by atoms with Gasteiger partial charge in [-0.3, -0.25) is 0 Å². The Bertz CT molecular complexity index is 693. The molecule has 5 heteroatoms. The quantitative estimate of drug-likeness (QED) is 0.583. The molecule has 0 saturated carbocycles. The van der Waals surface area contributed by atoms with Crippen molar-refractivity contribution in [3.63, 3.8) is 0 Å². The van der Waals surface area contributed by atoms with Crippen LogP contribution in [-0.4, -0.2) is 14.8 Å². The van der Waals surface area contributed by atoms with E-state index in [1.807, 2.05) is 30.6 Å². The monoisotopic (exact) mass is 399 g/mol. The van der Waals surface area contributed by atoms with Crippen LogP contribution in [0.4, 0.5) is 0 Å². The first kappa shape index (κ1) is 11.2. The fraction of sp³-hybridized carbons (Fsp3) is 0. The second kappa shape index (κ2) is 4.38. The van der Waals surface area contributed by atoms with E-state index >= 15 is 0 Å². The lowest BCUT2D eigenvalue weighted by Crippen LogP contribution is -1.98. The Hall–Kier alpha value is -0.950. The third kappa shape index (κ3) is 1.97. The average molecular weight is 400 g/mol. The zero-order valence-electron chi connectivity index (χ0n) is 8.64. The van der Waals surface area contributed by atoms with Crippen molar-refractivity contribution in [1.29, 1.82) is 0 Å². The molecule has 2 heterocycles. The molecule has 1 aromatic carbocycles. The molecule has 2 aromatic heterocycles. The minimum Gasteiger partial charge on any atom is -0.237 e. The van der Waals surface area contributed by atoms with Crippen LogP contribution >= 0.6 is 38.5 Å². The van der Waals surface area contributed by atoms with E-state index in [1.165, 1.54) is 0 Å². The molecule has 0 spiro atoms. The van der Waals surface area contributed by atoms with Gasteiger partial charge in [0.15, 0.2) is 5.82 Å². The third-order valence-electron chi connectivity index (χ3n) is 2.50. The lowest BCUT2D eigenvalue weighted by molar-refractivity contribution is 0.856. The average Bonchev–Trinajstić information content (AvgIpc) is 2.76. The van der Waals surface area contributed by atoms with Crippen LogP contribution in [0, 0.1) is 3.57 Å². The SMILES string of the molecule is Brc1cccc2c(-n3cc(I)cn3)nccc12. The predicted molar refractivity (Wildman–Crippen MR) is 79.3 cm³/mol. The number of rotatable bonds is 1. The number of nitrogens with zero attached hydrogens (tertiary/aromatic N) is 3. The lowest BCUT2D eigenvalue weighted by atomic mass is 10.1. The van der Waals surface area contributed by atoms with Crippen LogP contribution in [0.1, 0.15) is 0 Å². The Morgan fingerprint density at radius 2 is 2.06 bits per heavy atom. The second-order valence-electron chi connectivity index (χ2n) is 3.57. The summed E-state index contributed by atoms with van der Waals surface area (Å²) >= 11 is 5.79. The van der Waals surface area contributed by atoms with E-state index in [2.05, 4.69) is 54.7 Å². The van der Waals surface area contributed by atoms with Gasteiger partial charge in [-0.15, -0.1) is 0 Å². The summed E-state index contributed by atoms with van der Waals surface area (Å²) in [5.74, 6) is 0.853. The van der Waals surface area contributed by atoms with Gasteiger partial charge >= 0.3 is 0 Å². The molecular weight excluding hydrogens is 393 g/mol. The first-order chi connectivity index (χ1) is 8.25. The Kier molecular flexibility index (Phi) is 2.87. The van der Waals surface area contributed by atoms with Crippen molar-refractivity contribution < 1.29 is 0 Å². The summed E-state index contributed by atoms with van der Waals surface area (Å²) < 4.78 is 3.97. The Morgan fingerprint density at radius 3 is 2.82 bits per heavy atom. The molecule has 0 radical (unpaired) electrons. The topological polar surface area (TPSA) is 30.7 Å². The van der Waals surface area contributed by atoms with Gasteiger partial charge in [-0.2, -0.15) is 5.10 Å². The number of fused-ring (bicyclic) bond motifs is 1. The van der Waals surface area contributed by atoms with Gasteiger partial charge in [0.05, 0.1) is 9.77 Å². The minimum atomic E-state index is 0.853. The molecule has 84 valence electrons. The van der Waals surface area contributed by atoms with E-state index in [-0.39, 0.29) is 0 Å². The van der Waals surface area contributed by atoms with Crippen LogP contribution in [0.15, 0.2) is 47.3 Å². The van der Waals surface area contributed by atoms with Crippen molar-refractivity contribution in [1.82, 2.24) is 14.8 Å². The first-order valence-electron chi connectivity index (χ1n) is 4.99. The molecule has 3 aromatic rings. The summed E-state index contributed by atoms with van der Waals surface area (Å²) in [5.41, 5.74) is 0. The maximum atomic E-state index is 4.41. The summed E-state index contributed by atoms with van der Waals surface area (Å²) in [6, 6.07) is 8.08. The number of aromatic nitrogens is 3. The van der Waals surface area contributed by atoms with Crippen molar-refractivity contribution >= 4 is 49.3 Å². The normalized spacial score (nSPS) is 10.9. The van der Waals surface area contributed by atoms with Crippen molar-refractivity contribution in [2.75, 3.05) is 0 Å². The molecule has 0 saturated heterocycles. The zero-order chi connectivity index (χ0) is 11.8. The van der Waals surface area contributed by atoms with Gasteiger partial charge in [-0.05, 0) is 34.7 Å². The fourth-order valence-electron chi connectivity index (χ4n) is 1.75. The van der Waals surface area contributed by atoms with Crippen LogP contribution < -0.4 is 0 Å². The van der Waals surface area contributed by atoms with Gasteiger partial charge in [-0.1, -0.05) is 28.1 Å². The third-order valence-corrected chi connectivity index (χ3v) is 3.75. The molecule has 3 nitrogen and oxygen atoms in total. The van der Waals surface area contributed by atoms with Gasteiger partial charge in [0, 0.05) is 27.6 Å². The van der Waals surface area contributed by atoms with Gasteiger partial charge in [0.2, 0.25) is 0 Å². The van der Waals surface area contributed by atoms with Crippen LogP contribution in [0.3, 0.4) is 0 Å². The van der Waals surface area contributed by atoms with Crippen LogP contribution in [0.2, 0.25) is 0 Å². The van der Waals surface area contributed by atoms with E-state index in [0.717, 1.165) is 24.6 Å². The summed E-state index contributed by atoms with van der Waals surface area (Å²) in [6.45, 7) is 0. The molecule has 0 unspecified atom stereocenters. The van der Waals surface area contributed by atoms with E-state index in [0.29, 0.717) is 0 Å². The highest BCUT2D eigenvalue weighted by molar-refractivity contribution is 14.1. The first-order valence-corrected chi connectivity index (χ1v) is 6.86. The molecule has 0 aliphatic rings. The number of hydrogen-bond donors (Lipinski definition) is 0. The van der Waals surface area contributed by atoms with Gasteiger partial charge < -0.3 is 0 Å². The molecule has 3 rings (SSSR count). The smallest absolute Gasteiger partial charge is 0.161 e. The highest BCUT2D eigenvalue weighted by Gasteiger charge is 2.07. The minimum absolute atomic E-state index is 0.853. The molecular formula is C12H7BrIN3. The maximum absolute atomic E-state index is 4.41. The molecule has 0 aliphatic carbocycles. The highest BCUT2D eigenvalue weighted by Crippen LogP contribution is 2.26. The predicted octanol–water partition coefficient (Wildman–Crippen LogP) is 3.79. The number of benzene rings is 1. The summed E-state index contributed by atoms with van der Waals surface area (Å²) in [4.78, 5) is 4.41. The summed E-state index contributed by atoms with van der Waals surface area (Å²) in [7, 11) is 0. The van der Waals surface area contributed by atoms with E-state index in [9.17, 15) is 0 Å². The van der Waals surface area contributed by atoms with Gasteiger partial charge in [0.1, 0.15) is 0 Å². The second-order valence-corrected chi connectivity index (χ2v) is 5.67. The van der Waals surface area contributed by atoms with Crippen molar-refractivity contribution in [3.8, 4) is 5.82 Å². The summed E-state index contributed by atoms with van der Waals surface area (Å²) in [5, 5.41) is 6.52. The molecule has 0 fully saturated rings. The molecule has 0 N–H and O–H groups in total. The van der Waals surface area contributed by atoms with Crippen LogP contribution in [-0.2, 0) is 0 Å². The number of halogens is 2. The number of pyridine rings is 1. The zero-order valence-corrected chi connectivity index (χ0v) is 12.4. The fourth-order valence-corrected chi connectivity index (χ4v) is 2.64. The largest absolute Gasteiger partial charge is 0.237 e. The van der Waals surface area contributed by atoms with Crippen molar-refractivity contribution in [2.24, 2.45) is 0 Å². The Labute approximate surface area is 120 Å². The van der Waals surface area contributed by atoms with Crippen LogP contribution in [0.5, 0.6) is 0 Å². The van der Waals surface area contributed by atoms with Crippen molar-refractivity contribution in [2.45, 2.75) is 0 Å². The van der Waals surface area contributed by atoms with Gasteiger partial charge in [0.25, 0.3) is 0 Å². The van der Waals surface area contributed by atoms with Crippen LogP contribution in [0.25, 0.3) is 16.6 Å². The highest BCUT2D eigenvalue weighted by atomic mass is 127. The maximum Gasteiger partial charge on any atom is 0.161 e. The number of hydrogen-bond acceptors (Lipinski definition) is 2. The molecule has 0 atom stereocenters. The van der Waals surface area contributed by atoms with Gasteiger partial charge in [-0.25, -0.2) is 9.67 Å². The van der Waals surface area contributed by atoms with E-state index in [1.54, 1.807) is 10.9 Å². The summed E-state index contributed by atoms with van der Waals surface area (Å²) in [6.07, 6.45) is 5.58. The molecule has 0 aliphatic heterocycles. The van der Waals surface area contributed by atoms with E-state index < -0.39 is 0 Å².